The molecule has 1 aromatic rings. The number of nitrogens with one attached hydrogen (secondary N) is 1. The third-order valence-corrected chi connectivity index (χ3v) is 4.41. The number of hydrogen-bond donors (Lipinski definition) is 3. The Balaban J connectivity index is 0.000000301. The maximum Gasteiger partial charge on any atom is 0.414 e. The molecular weight excluding hydrogens is 310 g/mol. The number of aryl methyl sites for hydroxylation is 2. The van der Waals surface area contributed by atoms with Crippen molar-refractivity contribution in [2.45, 2.75) is 51.0 Å². The van der Waals surface area contributed by atoms with Crippen LogP contribution in [0.3, 0.4) is 0 Å². The van der Waals surface area contributed by atoms with E-state index in [0.717, 1.165) is 24.9 Å². The average Bonchev–Trinajstić information content (AvgIpc) is 3.23. The molecule has 3 rings (SSSR count). The molecule has 0 amide bonds. The molecule has 1 saturated carbocycles. The Kier molecular flexibility index (Phi) is 7.06. The number of rotatable bonds is 5. The molecule has 0 spiro atoms. The van der Waals surface area contributed by atoms with Crippen LogP contribution in [0.25, 0.3) is 0 Å². The Morgan fingerprint density at radius 1 is 1.04 bits per heavy atom. The van der Waals surface area contributed by atoms with Gasteiger partial charge in [0.25, 0.3) is 0 Å². The number of ether oxygens (including phenoxy) is 1. The minimum absolute atomic E-state index is 0.744. The fourth-order valence-corrected chi connectivity index (χ4v) is 3.20. The van der Waals surface area contributed by atoms with Crippen molar-refractivity contribution in [3.63, 3.8) is 0 Å². The molecule has 24 heavy (non-hydrogen) atoms. The van der Waals surface area contributed by atoms with E-state index in [1.54, 1.807) is 0 Å². The molecular formula is C18H25NO5. The van der Waals surface area contributed by atoms with Crippen LogP contribution in [0.5, 0.6) is 5.75 Å². The van der Waals surface area contributed by atoms with Crippen molar-refractivity contribution in [3.05, 3.63) is 29.3 Å². The molecule has 6 nitrogen and oxygen atoms in total. The average molecular weight is 335 g/mol. The van der Waals surface area contributed by atoms with E-state index >= 15 is 0 Å². The molecule has 0 radical (unpaired) electrons. The number of hydrogen-bond acceptors (Lipinski definition) is 4. The quantitative estimate of drug-likeness (QED) is 0.564. The van der Waals surface area contributed by atoms with Crippen molar-refractivity contribution in [1.29, 1.82) is 0 Å². The van der Waals surface area contributed by atoms with Crippen molar-refractivity contribution in [1.82, 2.24) is 5.32 Å². The predicted octanol–water partition coefficient (Wildman–Crippen LogP) is 2.24. The van der Waals surface area contributed by atoms with Gasteiger partial charge in [-0.15, -0.1) is 0 Å². The number of carboxylic acid groups (broad SMARTS) is 2. The number of aliphatic carboxylic acids is 2. The van der Waals surface area contributed by atoms with Gasteiger partial charge in [-0.25, -0.2) is 9.59 Å². The molecule has 3 N–H and O–H groups in total. The number of benzene rings is 1. The van der Waals surface area contributed by atoms with Gasteiger partial charge in [0.2, 0.25) is 0 Å². The van der Waals surface area contributed by atoms with Crippen molar-refractivity contribution in [3.8, 4) is 5.75 Å². The lowest BCUT2D eigenvalue weighted by Crippen LogP contribution is -2.30. The second kappa shape index (κ2) is 9.27. The summed E-state index contributed by atoms with van der Waals surface area (Å²) < 4.78 is 5.83. The third kappa shape index (κ3) is 5.85. The van der Waals surface area contributed by atoms with E-state index in [1.165, 1.54) is 56.1 Å². The van der Waals surface area contributed by atoms with E-state index in [1.807, 2.05) is 0 Å². The van der Waals surface area contributed by atoms with Crippen molar-refractivity contribution in [2.75, 3.05) is 13.2 Å². The summed E-state index contributed by atoms with van der Waals surface area (Å²) in [6, 6.07) is 7.34. The first kappa shape index (κ1) is 18.3. The van der Waals surface area contributed by atoms with Crippen LogP contribution in [0.1, 0.15) is 43.2 Å². The first-order valence-electron chi connectivity index (χ1n) is 8.50. The summed E-state index contributed by atoms with van der Waals surface area (Å²) in [5.41, 5.74) is 3.02. The highest BCUT2D eigenvalue weighted by atomic mass is 16.5. The highest BCUT2D eigenvalue weighted by Gasteiger charge is 2.14. The summed E-state index contributed by atoms with van der Waals surface area (Å²) in [6.07, 6.45) is 9.26. The zero-order chi connectivity index (χ0) is 17.4. The smallest absolute Gasteiger partial charge is 0.414 e. The minimum Gasteiger partial charge on any atom is -0.492 e. The highest BCUT2D eigenvalue weighted by molar-refractivity contribution is 6.27. The molecule has 1 fully saturated rings. The molecule has 6 heteroatoms. The lowest BCUT2D eigenvalue weighted by atomic mass is 10.1. The second-order valence-electron chi connectivity index (χ2n) is 6.18. The summed E-state index contributed by atoms with van der Waals surface area (Å²) >= 11 is 0. The van der Waals surface area contributed by atoms with E-state index in [0.29, 0.717) is 0 Å². The van der Waals surface area contributed by atoms with E-state index in [2.05, 4.69) is 23.5 Å². The first-order valence-corrected chi connectivity index (χ1v) is 8.50. The Labute approximate surface area is 141 Å². The summed E-state index contributed by atoms with van der Waals surface area (Å²) in [5, 5.41) is 18.4. The number of carboxylic acids is 2. The van der Waals surface area contributed by atoms with Gasteiger partial charge >= 0.3 is 11.9 Å². The van der Waals surface area contributed by atoms with Gasteiger partial charge in [-0.1, -0.05) is 18.9 Å². The Morgan fingerprint density at radius 3 is 2.38 bits per heavy atom. The molecule has 132 valence electrons. The summed E-state index contributed by atoms with van der Waals surface area (Å²) in [6.45, 7) is 1.76. The van der Waals surface area contributed by atoms with Crippen molar-refractivity contribution in [2.24, 2.45) is 0 Å². The maximum absolute atomic E-state index is 9.10. The van der Waals surface area contributed by atoms with Crippen LogP contribution in [-0.4, -0.2) is 41.3 Å². The van der Waals surface area contributed by atoms with Gasteiger partial charge in [0.05, 0.1) is 0 Å². The number of carbonyl (C=O) groups is 2. The largest absolute Gasteiger partial charge is 0.492 e. The summed E-state index contributed by atoms with van der Waals surface area (Å²) in [7, 11) is 0. The minimum atomic E-state index is -1.82. The molecule has 1 aromatic carbocycles. The molecule has 0 heterocycles. The molecule has 0 aliphatic heterocycles. The lowest BCUT2D eigenvalue weighted by Gasteiger charge is -2.13. The Morgan fingerprint density at radius 2 is 1.71 bits per heavy atom. The normalized spacial score (nSPS) is 16.2. The molecule has 0 saturated heterocycles. The van der Waals surface area contributed by atoms with Crippen molar-refractivity contribution >= 4 is 11.9 Å². The fourth-order valence-electron chi connectivity index (χ4n) is 3.20. The third-order valence-electron chi connectivity index (χ3n) is 4.41. The Hall–Kier alpha value is -2.08. The van der Waals surface area contributed by atoms with E-state index in [4.69, 9.17) is 24.5 Å². The predicted molar refractivity (Wildman–Crippen MR) is 89.5 cm³/mol. The van der Waals surface area contributed by atoms with Crippen LogP contribution in [0.15, 0.2) is 18.2 Å². The van der Waals surface area contributed by atoms with Gasteiger partial charge in [-0.3, -0.25) is 0 Å². The summed E-state index contributed by atoms with van der Waals surface area (Å²) in [5.74, 6) is -2.60. The zero-order valence-electron chi connectivity index (χ0n) is 13.8. The first-order chi connectivity index (χ1) is 11.6. The number of fused-ring (bicyclic) bond motifs is 1. The molecule has 0 atom stereocenters. The van der Waals surface area contributed by atoms with E-state index in [9.17, 15) is 0 Å². The zero-order valence-corrected chi connectivity index (χ0v) is 13.8. The lowest BCUT2D eigenvalue weighted by molar-refractivity contribution is -0.159. The Bertz CT molecular complexity index is 555. The molecule has 0 aromatic heterocycles. The van der Waals surface area contributed by atoms with Crippen LogP contribution < -0.4 is 10.1 Å². The van der Waals surface area contributed by atoms with Crippen LogP contribution in [0.2, 0.25) is 0 Å². The van der Waals surface area contributed by atoms with Crippen molar-refractivity contribution < 1.29 is 24.5 Å². The van der Waals surface area contributed by atoms with Gasteiger partial charge in [-0.2, -0.15) is 0 Å². The molecule has 2 aliphatic rings. The van der Waals surface area contributed by atoms with E-state index in [-0.39, 0.29) is 0 Å². The molecule has 0 bridgehead atoms. The van der Waals surface area contributed by atoms with Gasteiger partial charge in [0, 0.05) is 12.6 Å². The second-order valence-corrected chi connectivity index (χ2v) is 6.18. The van der Waals surface area contributed by atoms with Crippen LogP contribution >= 0.6 is 0 Å². The highest BCUT2D eigenvalue weighted by Crippen LogP contribution is 2.25. The van der Waals surface area contributed by atoms with Crippen LogP contribution in [0.4, 0.5) is 0 Å². The maximum atomic E-state index is 9.10. The summed E-state index contributed by atoms with van der Waals surface area (Å²) in [4.78, 5) is 18.2. The SMILES string of the molecule is O=C(O)C(=O)O.c1cc2c(cc1OCCNC1CCCC1)CCC2. The van der Waals surface area contributed by atoms with Gasteiger partial charge < -0.3 is 20.3 Å². The molecule has 2 aliphatic carbocycles. The molecule has 0 unspecified atom stereocenters. The van der Waals surface area contributed by atoms with Gasteiger partial charge in [0.15, 0.2) is 0 Å². The fraction of sp³-hybridized carbons (Fsp3) is 0.556. The van der Waals surface area contributed by atoms with Crippen LogP contribution in [0, 0.1) is 0 Å². The standard InChI is InChI=1S/C16H23NO.C2H2O4/c1-2-7-15(6-1)17-10-11-18-16-9-8-13-4-3-5-14(13)12-16;3-1(4)2(5)6/h8-9,12,15,17H,1-7,10-11H2;(H,3,4)(H,5,6). The van der Waals surface area contributed by atoms with Gasteiger partial charge in [0.1, 0.15) is 12.4 Å². The topological polar surface area (TPSA) is 95.9 Å². The van der Waals surface area contributed by atoms with Gasteiger partial charge in [-0.05, 0) is 55.4 Å². The van der Waals surface area contributed by atoms with E-state index < -0.39 is 11.9 Å². The monoisotopic (exact) mass is 335 g/mol. The van der Waals surface area contributed by atoms with Crippen LogP contribution in [-0.2, 0) is 22.4 Å².